The summed E-state index contributed by atoms with van der Waals surface area (Å²) < 4.78 is 34.0. The number of hydrogen-bond acceptors (Lipinski definition) is 8. The molecule has 0 aromatic rings. The van der Waals surface area contributed by atoms with E-state index in [9.17, 15) is 19.0 Å². The molecule has 60 heavy (non-hydrogen) atoms. The molecule has 0 aromatic heterocycles. The van der Waals surface area contributed by atoms with Crippen LogP contribution in [-0.2, 0) is 32.7 Å². The summed E-state index contributed by atoms with van der Waals surface area (Å²) in [6.45, 7) is 4.23. The van der Waals surface area contributed by atoms with Crippen molar-refractivity contribution in [3.05, 3.63) is 24.3 Å². The van der Waals surface area contributed by atoms with Crippen molar-refractivity contribution < 1.29 is 42.1 Å². The van der Waals surface area contributed by atoms with Crippen LogP contribution in [0, 0.1) is 0 Å². The second-order valence-electron chi connectivity index (χ2n) is 18.2. The maximum Gasteiger partial charge on any atom is 0.306 e. The predicted molar refractivity (Wildman–Crippen MR) is 250 cm³/mol. The fraction of sp³-hybridized carbons (Fsp3) is 0.880. The molecule has 10 heteroatoms. The van der Waals surface area contributed by atoms with E-state index >= 15 is 0 Å². The van der Waals surface area contributed by atoms with Gasteiger partial charge in [0.25, 0.3) is 7.82 Å². The molecule has 0 amide bonds. The lowest BCUT2D eigenvalue weighted by atomic mass is 10.0. The molecule has 0 rings (SSSR count). The number of quaternary nitrogens is 1. The number of hydrogen-bond donors (Lipinski definition) is 0. The molecule has 0 radical (unpaired) electrons. The van der Waals surface area contributed by atoms with Crippen molar-refractivity contribution in [2.45, 2.75) is 238 Å². The Hall–Kier alpha value is -1.51. The average Bonchev–Trinajstić information content (AvgIpc) is 3.20. The number of phosphoric ester groups is 1. The van der Waals surface area contributed by atoms with Crippen LogP contribution in [0.25, 0.3) is 0 Å². The first-order chi connectivity index (χ1) is 29.0. The van der Waals surface area contributed by atoms with Crippen LogP contribution < -0.4 is 4.89 Å². The summed E-state index contributed by atoms with van der Waals surface area (Å²) in [7, 11) is 1.17. The van der Waals surface area contributed by atoms with Gasteiger partial charge in [0.05, 0.1) is 27.7 Å². The molecule has 0 aliphatic carbocycles. The summed E-state index contributed by atoms with van der Waals surface area (Å²) in [6.07, 6.45) is 47.7. The minimum atomic E-state index is -4.63. The van der Waals surface area contributed by atoms with Gasteiger partial charge in [-0.25, -0.2) is 0 Å². The molecule has 0 saturated carbocycles. The molecule has 0 aromatic carbocycles. The molecular formula is C50H96NO8P. The topological polar surface area (TPSA) is 111 Å². The van der Waals surface area contributed by atoms with Gasteiger partial charge < -0.3 is 27.9 Å². The van der Waals surface area contributed by atoms with Crippen molar-refractivity contribution in [2.75, 3.05) is 47.5 Å². The van der Waals surface area contributed by atoms with Crippen LogP contribution >= 0.6 is 7.82 Å². The maximum atomic E-state index is 12.7. The van der Waals surface area contributed by atoms with E-state index in [1.165, 1.54) is 148 Å². The Balaban J connectivity index is 4.25. The Morgan fingerprint density at radius 3 is 1.35 bits per heavy atom. The van der Waals surface area contributed by atoms with Gasteiger partial charge in [0.2, 0.25) is 0 Å². The summed E-state index contributed by atoms with van der Waals surface area (Å²) in [6, 6.07) is 0. The number of rotatable bonds is 46. The van der Waals surface area contributed by atoms with E-state index in [1.54, 1.807) is 0 Å². The SMILES string of the molecule is CCCCC/C=C/C/C=C/CCCCCCCCCC(=O)OC[C@H](COP(=O)([O-])OCC[N+](C)(C)C)OC(=O)CCCCCCCCCCCCCCCCCCCCC. The zero-order valence-corrected chi connectivity index (χ0v) is 40.8. The summed E-state index contributed by atoms with van der Waals surface area (Å²) in [5.41, 5.74) is 0. The van der Waals surface area contributed by atoms with Crippen molar-refractivity contribution in [3.63, 3.8) is 0 Å². The third-order valence-electron chi connectivity index (χ3n) is 11.0. The van der Waals surface area contributed by atoms with Gasteiger partial charge in [-0.3, -0.25) is 14.2 Å². The van der Waals surface area contributed by atoms with E-state index in [2.05, 4.69) is 38.2 Å². The van der Waals surface area contributed by atoms with Crippen LogP contribution in [0.5, 0.6) is 0 Å². The third kappa shape index (κ3) is 46.0. The molecular weight excluding hydrogens is 774 g/mol. The van der Waals surface area contributed by atoms with Crippen molar-refractivity contribution >= 4 is 19.8 Å². The highest BCUT2D eigenvalue weighted by molar-refractivity contribution is 7.45. The second kappa shape index (κ2) is 42.8. The lowest BCUT2D eigenvalue weighted by Gasteiger charge is -2.28. The molecule has 0 bridgehead atoms. The van der Waals surface area contributed by atoms with Crippen molar-refractivity contribution in [1.82, 2.24) is 0 Å². The van der Waals surface area contributed by atoms with Crippen molar-refractivity contribution in [1.29, 1.82) is 0 Å². The number of likely N-dealkylation sites (N-methyl/N-ethyl adjacent to an activating group) is 1. The minimum Gasteiger partial charge on any atom is -0.756 e. The van der Waals surface area contributed by atoms with E-state index in [-0.39, 0.29) is 32.0 Å². The summed E-state index contributed by atoms with van der Waals surface area (Å²) in [4.78, 5) is 37.7. The monoisotopic (exact) mass is 870 g/mol. The lowest BCUT2D eigenvalue weighted by Crippen LogP contribution is -2.37. The van der Waals surface area contributed by atoms with Gasteiger partial charge in [0.15, 0.2) is 6.10 Å². The quantitative estimate of drug-likeness (QED) is 0.0195. The Bertz CT molecular complexity index is 1070. The molecule has 0 N–H and O–H groups in total. The first-order valence-corrected chi connectivity index (χ1v) is 26.5. The van der Waals surface area contributed by atoms with Crippen LogP contribution in [-0.4, -0.2) is 70.0 Å². The molecule has 9 nitrogen and oxygen atoms in total. The van der Waals surface area contributed by atoms with Gasteiger partial charge in [0, 0.05) is 12.8 Å². The first-order valence-electron chi connectivity index (χ1n) is 25.0. The fourth-order valence-corrected chi connectivity index (χ4v) is 7.77. The Morgan fingerprint density at radius 2 is 0.900 bits per heavy atom. The van der Waals surface area contributed by atoms with E-state index < -0.39 is 26.5 Å². The highest BCUT2D eigenvalue weighted by atomic mass is 31.2. The normalized spacial score (nSPS) is 13.6. The molecule has 2 atom stereocenters. The lowest BCUT2D eigenvalue weighted by molar-refractivity contribution is -0.870. The van der Waals surface area contributed by atoms with Gasteiger partial charge in [-0.1, -0.05) is 199 Å². The van der Waals surface area contributed by atoms with Crippen LogP contribution in [0.3, 0.4) is 0 Å². The van der Waals surface area contributed by atoms with Gasteiger partial charge in [-0.05, 0) is 44.9 Å². The molecule has 0 aliphatic heterocycles. The van der Waals surface area contributed by atoms with Crippen LogP contribution in [0.15, 0.2) is 24.3 Å². The molecule has 0 heterocycles. The van der Waals surface area contributed by atoms with Crippen LogP contribution in [0.2, 0.25) is 0 Å². The number of esters is 2. The number of allylic oxidation sites excluding steroid dienone is 4. The standard InChI is InChI=1S/C50H96NO8P/c1-6-8-10-12-14-16-18-20-22-24-25-27-29-31-33-35-37-39-41-43-50(53)59-48(47-58-60(54,55)57-45-44-51(3,4)5)46-56-49(52)42-40-38-36-34-32-30-28-26-23-21-19-17-15-13-11-9-7-2/h15,17,21,23,48H,6-14,16,18-20,22,24-47H2,1-5H3/b17-15+,23-21+/t48-/m1/s1. The van der Waals surface area contributed by atoms with E-state index in [0.29, 0.717) is 17.4 Å². The van der Waals surface area contributed by atoms with Crippen molar-refractivity contribution in [3.8, 4) is 0 Å². The third-order valence-corrected chi connectivity index (χ3v) is 11.9. The minimum absolute atomic E-state index is 0.0299. The number of phosphoric acid groups is 1. The number of ether oxygens (including phenoxy) is 2. The summed E-state index contributed by atoms with van der Waals surface area (Å²) in [5, 5.41) is 0. The molecule has 1 unspecified atom stereocenters. The second-order valence-corrected chi connectivity index (χ2v) is 19.6. The number of nitrogens with zero attached hydrogens (tertiary/aromatic N) is 1. The number of carbonyl (C=O) groups excluding carboxylic acids is 2. The first kappa shape index (κ1) is 58.5. The Kier molecular flexibility index (Phi) is 41.7. The molecule has 0 aliphatic rings. The highest BCUT2D eigenvalue weighted by Gasteiger charge is 2.21. The fourth-order valence-electron chi connectivity index (χ4n) is 7.04. The molecule has 0 spiro atoms. The molecule has 0 saturated heterocycles. The molecule has 0 fully saturated rings. The number of unbranched alkanes of at least 4 members (excludes halogenated alkanes) is 28. The largest absolute Gasteiger partial charge is 0.756 e. The van der Waals surface area contributed by atoms with Gasteiger partial charge in [0.1, 0.15) is 19.8 Å². The van der Waals surface area contributed by atoms with Gasteiger partial charge >= 0.3 is 11.9 Å². The zero-order chi connectivity index (χ0) is 44.3. The maximum absolute atomic E-state index is 12.7. The number of carbonyl (C=O) groups is 2. The Labute approximate surface area is 370 Å². The highest BCUT2D eigenvalue weighted by Crippen LogP contribution is 2.38. The van der Waals surface area contributed by atoms with E-state index in [1.807, 2.05) is 21.1 Å². The van der Waals surface area contributed by atoms with Gasteiger partial charge in [-0.2, -0.15) is 0 Å². The predicted octanol–water partition coefficient (Wildman–Crippen LogP) is 14.1. The zero-order valence-electron chi connectivity index (χ0n) is 39.9. The smallest absolute Gasteiger partial charge is 0.306 e. The summed E-state index contributed by atoms with van der Waals surface area (Å²) in [5.74, 6) is -0.832. The van der Waals surface area contributed by atoms with E-state index in [4.69, 9.17) is 18.5 Å². The van der Waals surface area contributed by atoms with Crippen LogP contribution in [0.4, 0.5) is 0 Å². The van der Waals surface area contributed by atoms with Crippen LogP contribution in [0.1, 0.15) is 232 Å². The summed E-state index contributed by atoms with van der Waals surface area (Å²) >= 11 is 0. The Morgan fingerprint density at radius 1 is 0.517 bits per heavy atom. The average molecular weight is 870 g/mol. The van der Waals surface area contributed by atoms with Gasteiger partial charge in [-0.15, -0.1) is 0 Å². The van der Waals surface area contributed by atoms with E-state index in [0.717, 1.165) is 51.4 Å². The van der Waals surface area contributed by atoms with Crippen molar-refractivity contribution in [2.24, 2.45) is 0 Å². The molecule has 354 valence electrons.